The van der Waals surface area contributed by atoms with Crippen LogP contribution >= 0.6 is 0 Å². The fourth-order valence-corrected chi connectivity index (χ4v) is 9.53. The molecule has 2 saturated carbocycles. The number of amides is 2. The van der Waals surface area contributed by atoms with Gasteiger partial charge in [-0.2, -0.15) is 8.42 Å². The number of rotatable bonds is 5. The Morgan fingerprint density at radius 2 is 1.89 bits per heavy atom. The molecular weight excluding hydrogens is 590 g/mol. The molecule has 4 N–H and O–H groups in total. The molecule has 5 aliphatic rings. The molecule has 238 valence electrons. The summed E-state index contributed by atoms with van der Waals surface area (Å²) in [6.45, 7) is 3.08. The third-order valence-electron chi connectivity index (χ3n) is 11.4. The molecule has 10 nitrogen and oxygen atoms in total. The third-order valence-corrected chi connectivity index (χ3v) is 11.9. The molecule has 4 atom stereocenters. The first-order chi connectivity index (χ1) is 21.7. The first kappa shape index (κ1) is 29.0. The molecule has 2 aliphatic carbocycles. The maximum Gasteiger partial charge on any atom is 0.298 e. The maximum atomic E-state index is 14.7. The highest BCUT2D eigenvalue weighted by atomic mass is 32.2. The first-order valence-electron chi connectivity index (χ1n) is 16.4. The van der Waals surface area contributed by atoms with Crippen LogP contribution in [-0.2, 0) is 21.5 Å². The average molecular weight is 632 g/mol. The number of methoxy groups -OCH3 is 1. The summed E-state index contributed by atoms with van der Waals surface area (Å²) >= 11 is 0. The Morgan fingerprint density at radius 3 is 2.67 bits per heavy atom. The van der Waals surface area contributed by atoms with Crippen LogP contribution in [0.1, 0.15) is 84.7 Å². The summed E-state index contributed by atoms with van der Waals surface area (Å²) in [5, 5.41) is 9.83. The van der Waals surface area contributed by atoms with Crippen molar-refractivity contribution in [3.05, 3.63) is 53.1 Å². The van der Waals surface area contributed by atoms with Crippen LogP contribution in [0, 0.1) is 11.3 Å². The van der Waals surface area contributed by atoms with E-state index in [0.29, 0.717) is 24.4 Å². The average Bonchev–Trinajstić information content (AvgIpc) is 3.45. The second-order valence-electron chi connectivity index (χ2n) is 13.9. The fourth-order valence-electron chi connectivity index (χ4n) is 9.16. The highest BCUT2D eigenvalue weighted by Crippen LogP contribution is 2.66. The minimum absolute atomic E-state index is 0.0672. The topological polar surface area (TPSA) is 136 Å². The Labute approximate surface area is 263 Å². The van der Waals surface area contributed by atoms with Gasteiger partial charge in [-0.05, 0) is 91.9 Å². The van der Waals surface area contributed by atoms with Gasteiger partial charge >= 0.3 is 0 Å². The van der Waals surface area contributed by atoms with E-state index in [1.54, 1.807) is 19.2 Å². The summed E-state index contributed by atoms with van der Waals surface area (Å²) in [6.07, 6.45) is 8.57. The Morgan fingerprint density at radius 1 is 1.07 bits per heavy atom. The van der Waals surface area contributed by atoms with Crippen LogP contribution in [0.4, 0.5) is 0 Å². The lowest BCUT2D eigenvalue weighted by Crippen LogP contribution is -2.50. The van der Waals surface area contributed by atoms with Gasteiger partial charge in [-0.25, -0.2) is 9.86 Å². The Kier molecular flexibility index (Phi) is 6.82. The number of nitrogens with two attached hydrogens (primary N) is 1. The Balaban J connectivity index is 1.31. The summed E-state index contributed by atoms with van der Waals surface area (Å²) in [4.78, 5) is 29.8. The van der Waals surface area contributed by atoms with Gasteiger partial charge in [0.1, 0.15) is 5.75 Å². The summed E-state index contributed by atoms with van der Waals surface area (Å²) in [6, 6.07) is 12.2. The van der Waals surface area contributed by atoms with Crippen LogP contribution in [0.2, 0.25) is 0 Å². The number of fused-ring (bicyclic) bond motifs is 8. The van der Waals surface area contributed by atoms with Gasteiger partial charge in [-0.1, -0.05) is 25.3 Å². The molecule has 0 spiro atoms. The van der Waals surface area contributed by atoms with Crippen LogP contribution in [0.25, 0.3) is 22.2 Å². The molecule has 0 bridgehead atoms. The van der Waals surface area contributed by atoms with E-state index in [0.717, 1.165) is 98.1 Å². The van der Waals surface area contributed by atoms with E-state index in [4.69, 9.17) is 9.88 Å². The van der Waals surface area contributed by atoms with Crippen LogP contribution < -0.4 is 19.9 Å². The van der Waals surface area contributed by atoms with Crippen molar-refractivity contribution in [3.8, 4) is 17.0 Å². The lowest BCUT2D eigenvalue weighted by Gasteiger charge is -2.37. The van der Waals surface area contributed by atoms with E-state index in [2.05, 4.69) is 26.9 Å². The van der Waals surface area contributed by atoms with Crippen LogP contribution in [0.15, 0.2) is 36.4 Å². The molecule has 4 fully saturated rings. The molecule has 11 heteroatoms. The number of aromatic nitrogens is 1. The zero-order chi connectivity index (χ0) is 31.1. The molecule has 4 heterocycles. The Bertz CT molecular complexity index is 1830. The van der Waals surface area contributed by atoms with Crippen LogP contribution in [0.3, 0.4) is 0 Å². The van der Waals surface area contributed by atoms with E-state index < -0.39 is 21.5 Å². The molecule has 1 aromatic heterocycles. The highest BCUT2D eigenvalue weighted by Gasteiger charge is 2.64. The van der Waals surface area contributed by atoms with Gasteiger partial charge in [0.05, 0.1) is 18.2 Å². The van der Waals surface area contributed by atoms with Crippen molar-refractivity contribution in [2.75, 3.05) is 26.7 Å². The minimum Gasteiger partial charge on any atom is -0.497 e. The summed E-state index contributed by atoms with van der Waals surface area (Å²) in [5.41, 5.74) is 5.15. The number of nitrogens with zero attached hydrogens (tertiary/aromatic N) is 2. The summed E-state index contributed by atoms with van der Waals surface area (Å²) < 4.78 is 33.4. The molecular formula is C34H41N5O5S. The minimum atomic E-state index is -4.22. The van der Waals surface area contributed by atoms with Gasteiger partial charge in [0.15, 0.2) is 0 Å². The maximum absolute atomic E-state index is 14.7. The third kappa shape index (κ3) is 4.77. The number of benzene rings is 2. The zero-order valence-electron chi connectivity index (χ0n) is 25.7. The number of hydrogen-bond donors (Lipinski definition) is 3. The van der Waals surface area contributed by atoms with Crippen molar-refractivity contribution in [1.29, 1.82) is 0 Å². The van der Waals surface area contributed by atoms with Gasteiger partial charge in [-0.3, -0.25) is 9.59 Å². The quantitative estimate of drug-likeness (QED) is 0.390. The standard InChI is InChI=1S/C34H41N5O5S/c1-44-23-8-10-24-26(16-23)27-17-34(27,33(41)38-14-12-28-22(18-38)11-13-36-28)19-39-29-15-21(32(40)37-45(35,42)43)7-9-25(29)30(31(24)39)20-5-3-2-4-6-20/h7-10,15-16,20,22,27-28,36H,2-6,11-14,17-19H2,1H3,(H,37,40)(H2,35,42,43). The van der Waals surface area contributed by atoms with E-state index >= 15 is 0 Å². The monoisotopic (exact) mass is 631 g/mol. The number of ether oxygens (including phenoxy) is 1. The lowest BCUT2D eigenvalue weighted by atomic mass is 9.81. The molecule has 8 rings (SSSR count). The summed E-state index contributed by atoms with van der Waals surface area (Å²) in [5.74, 6) is 1.16. The molecule has 45 heavy (non-hydrogen) atoms. The zero-order valence-corrected chi connectivity index (χ0v) is 26.5. The van der Waals surface area contributed by atoms with E-state index in [9.17, 15) is 18.0 Å². The molecule has 2 aromatic carbocycles. The number of nitrogens with one attached hydrogen (secondary N) is 2. The Hall–Kier alpha value is -3.41. The predicted octanol–water partition coefficient (Wildman–Crippen LogP) is 4.00. The van der Waals surface area contributed by atoms with Crippen LogP contribution in [0.5, 0.6) is 5.75 Å². The van der Waals surface area contributed by atoms with Crippen LogP contribution in [-0.4, -0.2) is 62.5 Å². The van der Waals surface area contributed by atoms with Crippen molar-refractivity contribution in [2.24, 2.45) is 16.5 Å². The van der Waals surface area contributed by atoms with Gasteiger partial charge < -0.3 is 19.5 Å². The second kappa shape index (κ2) is 10.6. The normalized spacial score (nSPS) is 27.6. The number of hydrogen-bond acceptors (Lipinski definition) is 6. The molecule has 4 unspecified atom stereocenters. The molecule has 2 amide bonds. The molecule has 3 aromatic rings. The molecule has 0 radical (unpaired) electrons. The second-order valence-corrected chi connectivity index (χ2v) is 15.2. The van der Waals surface area contributed by atoms with E-state index in [1.807, 2.05) is 16.9 Å². The van der Waals surface area contributed by atoms with Crippen molar-refractivity contribution >= 4 is 32.9 Å². The van der Waals surface area contributed by atoms with Gasteiger partial charge in [-0.15, -0.1) is 0 Å². The smallest absolute Gasteiger partial charge is 0.298 e. The summed E-state index contributed by atoms with van der Waals surface area (Å²) in [7, 11) is -2.54. The fraction of sp³-hybridized carbons (Fsp3) is 0.529. The van der Waals surface area contributed by atoms with E-state index in [-0.39, 0.29) is 17.4 Å². The number of carbonyl (C=O) groups is 2. The number of likely N-dealkylation sites (tertiary alicyclic amines) is 1. The van der Waals surface area contributed by atoms with Gasteiger partial charge in [0, 0.05) is 53.6 Å². The van der Waals surface area contributed by atoms with Gasteiger partial charge in [0.2, 0.25) is 5.91 Å². The SMILES string of the molecule is COc1ccc2c(c1)C1CC1(C(=O)N1CCC3NCCC3C1)Cn1c-2c(C2CCCCC2)c2ccc(C(=O)NS(N)(=O)=O)cc21. The number of piperidine rings is 1. The first-order valence-corrected chi connectivity index (χ1v) is 17.9. The van der Waals surface area contributed by atoms with Crippen molar-refractivity contribution < 1.29 is 22.7 Å². The van der Waals surface area contributed by atoms with Gasteiger partial charge in [0.25, 0.3) is 16.1 Å². The predicted molar refractivity (Wildman–Crippen MR) is 171 cm³/mol. The largest absolute Gasteiger partial charge is 0.497 e. The lowest BCUT2D eigenvalue weighted by molar-refractivity contribution is -0.139. The molecule has 3 aliphatic heterocycles. The molecule has 2 saturated heterocycles. The van der Waals surface area contributed by atoms with E-state index in [1.165, 1.54) is 12.0 Å². The van der Waals surface area contributed by atoms with Crippen molar-refractivity contribution in [1.82, 2.24) is 19.5 Å². The highest BCUT2D eigenvalue weighted by molar-refractivity contribution is 7.87. The van der Waals surface area contributed by atoms with Crippen molar-refractivity contribution in [3.63, 3.8) is 0 Å². The number of carbonyl (C=O) groups excluding carboxylic acids is 2. The van der Waals surface area contributed by atoms with Crippen molar-refractivity contribution in [2.45, 2.75) is 75.8 Å².